The molecular formula is C15H20ClN3O6S. The quantitative estimate of drug-likeness (QED) is 0.537. The van der Waals surface area contributed by atoms with Crippen molar-refractivity contribution in [2.75, 3.05) is 32.8 Å². The van der Waals surface area contributed by atoms with Crippen molar-refractivity contribution in [3.05, 3.63) is 29.3 Å². The van der Waals surface area contributed by atoms with Crippen LogP contribution in [0.5, 0.6) is 0 Å². The number of nitrogens with one attached hydrogen (secondary N) is 2. The van der Waals surface area contributed by atoms with Crippen LogP contribution in [0.25, 0.3) is 0 Å². The van der Waals surface area contributed by atoms with Crippen molar-refractivity contribution in [3.63, 3.8) is 0 Å². The fourth-order valence-electron chi connectivity index (χ4n) is 2.35. The number of sulfonamides is 1. The molecule has 0 aliphatic carbocycles. The molecule has 1 fully saturated rings. The molecule has 26 heavy (non-hydrogen) atoms. The van der Waals surface area contributed by atoms with E-state index >= 15 is 0 Å². The zero-order chi connectivity index (χ0) is 19.2. The highest BCUT2D eigenvalue weighted by molar-refractivity contribution is 7.89. The highest BCUT2D eigenvalue weighted by Crippen LogP contribution is 2.23. The number of carbonyl (C=O) groups is 2. The van der Waals surface area contributed by atoms with Crippen LogP contribution >= 0.6 is 11.6 Å². The molecule has 1 atom stereocenters. The number of halogens is 1. The smallest absolute Gasteiger partial charge is 0.309 e. The summed E-state index contributed by atoms with van der Waals surface area (Å²) in [6.07, 6.45) is -0.423. The molecule has 2 amide bonds. The van der Waals surface area contributed by atoms with Gasteiger partial charge in [0.15, 0.2) is 0 Å². The van der Waals surface area contributed by atoms with Crippen molar-refractivity contribution < 1.29 is 27.9 Å². The Bertz CT molecular complexity index is 740. The number of hydrogen-bond acceptors (Lipinski definition) is 6. The molecule has 9 nitrogen and oxygen atoms in total. The van der Waals surface area contributed by atoms with Gasteiger partial charge < -0.3 is 20.5 Å². The highest BCUT2D eigenvalue weighted by Gasteiger charge is 2.34. The first-order chi connectivity index (χ1) is 12.4. The molecule has 1 aromatic carbocycles. The SMILES string of the molecule is O=C(NCCO)C(=O)NC[C@H]1OCCCN1S(=O)(=O)c1ccc(Cl)cc1. The Labute approximate surface area is 156 Å². The third kappa shape index (κ3) is 5.15. The maximum Gasteiger partial charge on any atom is 0.309 e. The Morgan fingerprint density at radius 3 is 2.54 bits per heavy atom. The van der Waals surface area contributed by atoms with E-state index in [1.807, 2.05) is 0 Å². The number of ether oxygens (including phenoxy) is 1. The summed E-state index contributed by atoms with van der Waals surface area (Å²) >= 11 is 5.79. The molecule has 1 aliphatic heterocycles. The minimum atomic E-state index is -3.85. The number of aliphatic hydroxyl groups excluding tert-OH is 1. The van der Waals surface area contributed by atoms with Crippen molar-refractivity contribution in [2.24, 2.45) is 0 Å². The van der Waals surface area contributed by atoms with E-state index in [-0.39, 0.29) is 31.1 Å². The molecule has 0 unspecified atom stereocenters. The zero-order valence-electron chi connectivity index (χ0n) is 13.9. The average molecular weight is 406 g/mol. The minimum absolute atomic E-state index is 0.0523. The van der Waals surface area contributed by atoms with Crippen molar-refractivity contribution in [2.45, 2.75) is 17.5 Å². The molecule has 0 aromatic heterocycles. The molecule has 0 spiro atoms. The van der Waals surface area contributed by atoms with Gasteiger partial charge in [-0.3, -0.25) is 9.59 Å². The van der Waals surface area contributed by atoms with Crippen LogP contribution < -0.4 is 10.6 Å². The molecule has 0 saturated carbocycles. The van der Waals surface area contributed by atoms with Gasteiger partial charge in [0.25, 0.3) is 0 Å². The van der Waals surface area contributed by atoms with E-state index in [0.717, 1.165) is 4.31 Å². The largest absolute Gasteiger partial charge is 0.395 e. The molecule has 1 heterocycles. The number of rotatable bonds is 6. The summed E-state index contributed by atoms with van der Waals surface area (Å²) in [7, 11) is -3.85. The molecule has 2 rings (SSSR count). The van der Waals surface area contributed by atoms with Crippen LogP contribution in [-0.2, 0) is 24.3 Å². The van der Waals surface area contributed by atoms with Crippen LogP contribution in [0.4, 0.5) is 0 Å². The molecule has 1 saturated heterocycles. The first-order valence-corrected chi connectivity index (χ1v) is 9.74. The molecule has 11 heteroatoms. The lowest BCUT2D eigenvalue weighted by atomic mass is 10.3. The maximum absolute atomic E-state index is 12.8. The Morgan fingerprint density at radius 2 is 1.88 bits per heavy atom. The van der Waals surface area contributed by atoms with Gasteiger partial charge in [-0.15, -0.1) is 0 Å². The van der Waals surface area contributed by atoms with Gasteiger partial charge in [-0.2, -0.15) is 4.31 Å². The monoisotopic (exact) mass is 405 g/mol. The molecule has 144 valence electrons. The van der Waals surface area contributed by atoms with Gasteiger partial charge in [0.1, 0.15) is 6.23 Å². The van der Waals surface area contributed by atoms with E-state index in [9.17, 15) is 18.0 Å². The normalized spacial score (nSPS) is 18.3. The molecule has 1 aromatic rings. The molecule has 0 bridgehead atoms. The summed E-state index contributed by atoms with van der Waals surface area (Å²) in [4.78, 5) is 23.3. The number of hydrogen-bond donors (Lipinski definition) is 3. The lowest BCUT2D eigenvalue weighted by molar-refractivity contribution is -0.140. The van der Waals surface area contributed by atoms with Crippen molar-refractivity contribution >= 4 is 33.4 Å². The highest BCUT2D eigenvalue weighted by atomic mass is 35.5. The number of carbonyl (C=O) groups excluding carboxylic acids is 2. The van der Waals surface area contributed by atoms with Crippen LogP contribution in [0.15, 0.2) is 29.2 Å². The number of benzene rings is 1. The number of nitrogens with zero attached hydrogens (tertiary/aromatic N) is 1. The number of aliphatic hydroxyl groups is 1. The van der Waals surface area contributed by atoms with Crippen LogP contribution in [0.1, 0.15) is 6.42 Å². The van der Waals surface area contributed by atoms with Gasteiger partial charge in [0.2, 0.25) is 10.0 Å². The van der Waals surface area contributed by atoms with Crippen LogP contribution in [-0.4, -0.2) is 68.7 Å². The summed E-state index contributed by atoms with van der Waals surface area (Å²) in [6, 6.07) is 5.73. The van der Waals surface area contributed by atoms with Gasteiger partial charge in [0, 0.05) is 18.1 Å². The lowest BCUT2D eigenvalue weighted by Gasteiger charge is -2.34. The molecule has 1 aliphatic rings. The fourth-order valence-corrected chi connectivity index (χ4v) is 4.05. The second-order valence-corrected chi connectivity index (χ2v) is 7.77. The van der Waals surface area contributed by atoms with E-state index in [1.165, 1.54) is 24.3 Å². The predicted molar refractivity (Wildman–Crippen MR) is 92.8 cm³/mol. The summed E-state index contributed by atoms with van der Waals surface area (Å²) in [5.41, 5.74) is 0. The van der Waals surface area contributed by atoms with Crippen LogP contribution in [0, 0.1) is 0 Å². The second-order valence-electron chi connectivity index (χ2n) is 5.44. The van der Waals surface area contributed by atoms with Crippen LogP contribution in [0.2, 0.25) is 5.02 Å². The Morgan fingerprint density at radius 1 is 1.23 bits per heavy atom. The minimum Gasteiger partial charge on any atom is -0.395 e. The first-order valence-electron chi connectivity index (χ1n) is 7.92. The second kappa shape index (κ2) is 9.28. The van der Waals surface area contributed by atoms with E-state index < -0.39 is 28.1 Å². The summed E-state index contributed by atoms with van der Waals surface area (Å²) in [5.74, 6) is -1.85. The molecule has 3 N–H and O–H groups in total. The summed E-state index contributed by atoms with van der Waals surface area (Å²) in [5, 5.41) is 13.6. The predicted octanol–water partition coefficient (Wildman–Crippen LogP) is -0.698. The van der Waals surface area contributed by atoms with Gasteiger partial charge in [-0.25, -0.2) is 8.42 Å². The van der Waals surface area contributed by atoms with Crippen molar-refractivity contribution in [3.8, 4) is 0 Å². The third-order valence-corrected chi connectivity index (χ3v) is 5.77. The van der Waals surface area contributed by atoms with E-state index in [0.29, 0.717) is 18.1 Å². The fraction of sp³-hybridized carbons (Fsp3) is 0.467. The third-order valence-electron chi connectivity index (χ3n) is 3.62. The Balaban J connectivity index is 2.06. The van der Waals surface area contributed by atoms with Gasteiger partial charge in [0.05, 0.1) is 24.7 Å². The maximum atomic E-state index is 12.8. The first kappa shape index (κ1) is 20.6. The van der Waals surface area contributed by atoms with Crippen molar-refractivity contribution in [1.82, 2.24) is 14.9 Å². The van der Waals surface area contributed by atoms with Gasteiger partial charge >= 0.3 is 11.8 Å². The van der Waals surface area contributed by atoms with E-state index in [2.05, 4.69) is 10.6 Å². The summed E-state index contributed by atoms with van der Waals surface area (Å²) in [6.45, 7) is 0.0331. The molecule has 0 radical (unpaired) electrons. The zero-order valence-corrected chi connectivity index (χ0v) is 15.4. The average Bonchev–Trinajstić information content (AvgIpc) is 2.64. The standard InChI is InChI=1S/C15H20ClN3O6S/c16-11-2-4-12(5-3-11)26(23,24)19-7-1-9-25-13(19)10-18-15(22)14(21)17-6-8-20/h2-5,13,20H,1,6-10H2,(H,17,21)(H,18,22)/t13-/m1/s1. The summed E-state index contributed by atoms with van der Waals surface area (Å²) < 4.78 is 32.2. The number of amides is 2. The topological polar surface area (TPSA) is 125 Å². The van der Waals surface area contributed by atoms with Crippen molar-refractivity contribution in [1.29, 1.82) is 0 Å². The molecular weight excluding hydrogens is 386 g/mol. The van der Waals surface area contributed by atoms with E-state index in [1.54, 1.807) is 0 Å². The Hall–Kier alpha value is -1.72. The van der Waals surface area contributed by atoms with E-state index in [4.69, 9.17) is 21.4 Å². The van der Waals surface area contributed by atoms with Gasteiger partial charge in [-0.05, 0) is 30.7 Å². The van der Waals surface area contributed by atoms with Gasteiger partial charge in [-0.1, -0.05) is 11.6 Å². The lowest BCUT2D eigenvalue weighted by Crippen LogP contribution is -2.53. The Kier molecular flexibility index (Phi) is 7.35. The van der Waals surface area contributed by atoms with Crippen LogP contribution in [0.3, 0.4) is 0 Å².